The van der Waals surface area contributed by atoms with Crippen LogP contribution in [0.5, 0.6) is 11.5 Å². The van der Waals surface area contributed by atoms with Gasteiger partial charge in [0.15, 0.2) is 11.5 Å². The van der Waals surface area contributed by atoms with Crippen molar-refractivity contribution in [2.75, 3.05) is 25.1 Å². The third-order valence-electron chi connectivity index (χ3n) is 5.33. The molecule has 0 radical (unpaired) electrons. The van der Waals surface area contributed by atoms with Gasteiger partial charge in [-0.05, 0) is 96.5 Å². The highest BCUT2D eigenvalue weighted by Crippen LogP contribution is 2.32. The van der Waals surface area contributed by atoms with E-state index in [1.54, 1.807) is 19.1 Å². The number of hydrazone groups is 1. The van der Waals surface area contributed by atoms with Gasteiger partial charge < -0.3 is 9.47 Å². The molecule has 10 heteroatoms. The van der Waals surface area contributed by atoms with E-state index in [2.05, 4.69) is 33.1 Å². The van der Waals surface area contributed by atoms with E-state index in [0.29, 0.717) is 17.1 Å². The molecule has 3 rings (SSSR count). The summed E-state index contributed by atoms with van der Waals surface area (Å²) in [5, 5.41) is 4.17. The number of benzene rings is 3. The van der Waals surface area contributed by atoms with Gasteiger partial charge in [-0.15, -0.1) is 0 Å². The number of halogens is 1. The minimum Gasteiger partial charge on any atom is -0.493 e. The zero-order valence-electron chi connectivity index (χ0n) is 20.7. The Labute approximate surface area is 225 Å². The van der Waals surface area contributed by atoms with Crippen molar-refractivity contribution in [3.63, 3.8) is 0 Å². The highest BCUT2D eigenvalue weighted by molar-refractivity contribution is 14.1. The van der Waals surface area contributed by atoms with Crippen molar-refractivity contribution in [2.24, 2.45) is 5.10 Å². The molecule has 0 aliphatic heterocycles. The van der Waals surface area contributed by atoms with Crippen LogP contribution in [0.15, 0.2) is 70.7 Å². The van der Waals surface area contributed by atoms with Gasteiger partial charge >= 0.3 is 0 Å². The lowest BCUT2D eigenvalue weighted by Crippen LogP contribution is -2.39. The maximum atomic E-state index is 13.8. The number of methoxy groups -OCH3 is 2. The monoisotopic (exact) mass is 621 g/mol. The Kier molecular flexibility index (Phi) is 8.96. The third kappa shape index (κ3) is 6.55. The molecule has 0 heterocycles. The molecule has 0 fully saturated rings. The van der Waals surface area contributed by atoms with Crippen LogP contribution in [-0.4, -0.2) is 40.8 Å². The van der Waals surface area contributed by atoms with Gasteiger partial charge in [0.2, 0.25) is 0 Å². The lowest BCUT2D eigenvalue weighted by molar-refractivity contribution is -0.119. The van der Waals surface area contributed by atoms with Crippen LogP contribution >= 0.6 is 22.6 Å². The summed E-state index contributed by atoms with van der Waals surface area (Å²) in [6.45, 7) is 5.03. The second kappa shape index (κ2) is 11.7. The molecule has 8 nitrogen and oxygen atoms in total. The first-order valence-corrected chi connectivity index (χ1v) is 13.5. The first kappa shape index (κ1) is 27.5. The fourth-order valence-corrected chi connectivity index (χ4v) is 5.36. The van der Waals surface area contributed by atoms with Crippen molar-refractivity contribution < 1.29 is 22.7 Å². The van der Waals surface area contributed by atoms with Crippen molar-refractivity contribution in [1.82, 2.24) is 5.43 Å². The van der Waals surface area contributed by atoms with E-state index in [1.807, 2.05) is 44.2 Å². The number of anilines is 1. The number of amides is 1. The molecule has 0 saturated heterocycles. The zero-order valence-corrected chi connectivity index (χ0v) is 23.7. The summed E-state index contributed by atoms with van der Waals surface area (Å²) in [4.78, 5) is 12.9. The normalized spacial score (nSPS) is 11.7. The molecule has 1 N–H and O–H groups in total. The molecular formula is C26H28IN3O5S. The summed E-state index contributed by atoms with van der Waals surface area (Å²) in [6.07, 6.45) is 0. The Morgan fingerprint density at radius 2 is 1.56 bits per heavy atom. The van der Waals surface area contributed by atoms with Crippen LogP contribution in [0, 0.1) is 17.4 Å². The molecule has 0 unspecified atom stereocenters. The van der Waals surface area contributed by atoms with E-state index in [4.69, 9.17) is 9.47 Å². The summed E-state index contributed by atoms with van der Waals surface area (Å²) in [5.74, 6) is 0.0803. The van der Waals surface area contributed by atoms with E-state index in [9.17, 15) is 13.2 Å². The SMILES string of the molecule is COc1ccc(S(=O)(=O)N(CC(=O)N/N=C(/C)c2ccc(I)cc2)c2cc(C)cc(C)c2)cc1OC. The van der Waals surface area contributed by atoms with E-state index >= 15 is 0 Å². The summed E-state index contributed by atoms with van der Waals surface area (Å²) in [7, 11) is -1.25. The Hall–Kier alpha value is -3.12. The molecule has 0 spiro atoms. The van der Waals surface area contributed by atoms with Gasteiger partial charge in [-0.2, -0.15) is 5.10 Å². The molecule has 0 saturated carbocycles. The van der Waals surface area contributed by atoms with Crippen LogP contribution in [0.4, 0.5) is 5.69 Å². The molecular weight excluding hydrogens is 593 g/mol. The number of hydrogen-bond donors (Lipinski definition) is 1. The molecule has 0 aliphatic carbocycles. The molecule has 190 valence electrons. The van der Waals surface area contributed by atoms with Crippen LogP contribution < -0.4 is 19.2 Å². The molecule has 3 aromatic carbocycles. The van der Waals surface area contributed by atoms with Crippen molar-refractivity contribution in [1.29, 1.82) is 0 Å². The van der Waals surface area contributed by atoms with E-state index in [1.165, 1.54) is 32.4 Å². The summed E-state index contributed by atoms with van der Waals surface area (Å²) in [6, 6.07) is 17.4. The summed E-state index contributed by atoms with van der Waals surface area (Å²) >= 11 is 2.21. The number of ether oxygens (including phenoxy) is 2. The van der Waals surface area contributed by atoms with E-state index in [-0.39, 0.29) is 10.6 Å². The van der Waals surface area contributed by atoms with Gasteiger partial charge in [-0.3, -0.25) is 9.10 Å². The number of nitrogens with one attached hydrogen (secondary N) is 1. The number of rotatable bonds is 9. The lowest BCUT2D eigenvalue weighted by Gasteiger charge is -2.25. The molecule has 0 bridgehead atoms. The van der Waals surface area contributed by atoms with Crippen molar-refractivity contribution >= 4 is 49.9 Å². The smallest absolute Gasteiger partial charge is 0.264 e. The number of carbonyl (C=O) groups excluding carboxylic acids is 1. The first-order valence-electron chi connectivity index (χ1n) is 11.0. The van der Waals surface area contributed by atoms with Gasteiger partial charge in [0.25, 0.3) is 15.9 Å². The maximum Gasteiger partial charge on any atom is 0.264 e. The van der Waals surface area contributed by atoms with Gasteiger partial charge in [0.1, 0.15) is 6.54 Å². The van der Waals surface area contributed by atoms with Crippen LogP contribution in [0.2, 0.25) is 0 Å². The van der Waals surface area contributed by atoms with Crippen molar-refractivity contribution in [2.45, 2.75) is 25.7 Å². The number of aryl methyl sites for hydroxylation is 2. The Morgan fingerprint density at radius 1 is 0.944 bits per heavy atom. The maximum absolute atomic E-state index is 13.8. The zero-order chi connectivity index (χ0) is 26.5. The highest BCUT2D eigenvalue weighted by Gasteiger charge is 2.28. The number of hydrogen-bond acceptors (Lipinski definition) is 6. The van der Waals surface area contributed by atoms with Gasteiger partial charge in [0, 0.05) is 9.64 Å². The Morgan fingerprint density at radius 3 is 2.14 bits per heavy atom. The molecule has 0 atom stereocenters. The fourth-order valence-electron chi connectivity index (χ4n) is 3.58. The predicted octanol–water partition coefficient (Wildman–Crippen LogP) is 4.66. The average molecular weight is 621 g/mol. The Balaban J connectivity index is 1.96. The standard InChI is InChI=1S/C26H28IN3O5S/c1-17-12-18(2)14-22(13-17)30(36(32,33)23-10-11-24(34-4)25(15-23)35-5)16-26(31)29-28-19(3)20-6-8-21(27)9-7-20/h6-15H,16H2,1-5H3,(H,29,31)/b28-19-. The molecule has 3 aromatic rings. The third-order valence-corrected chi connectivity index (χ3v) is 7.82. The lowest BCUT2D eigenvalue weighted by atomic mass is 10.1. The van der Waals surface area contributed by atoms with Gasteiger partial charge in [-0.1, -0.05) is 18.2 Å². The number of sulfonamides is 1. The second-order valence-corrected chi connectivity index (χ2v) is 11.2. The topological polar surface area (TPSA) is 97.3 Å². The van der Waals surface area contributed by atoms with Crippen molar-refractivity contribution in [3.8, 4) is 11.5 Å². The molecule has 1 amide bonds. The molecule has 0 aromatic heterocycles. The second-order valence-electron chi connectivity index (χ2n) is 8.11. The van der Waals surface area contributed by atoms with Gasteiger partial charge in [0.05, 0.1) is 30.5 Å². The van der Waals surface area contributed by atoms with E-state index in [0.717, 1.165) is 24.6 Å². The van der Waals surface area contributed by atoms with Crippen LogP contribution in [0.25, 0.3) is 0 Å². The number of nitrogens with zero attached hydrogens (tertiary/aromatic N) is 2. The first-order chi connectivity index (χ1) is 17.0. The van der Waals surface area contributed by atoms with Crippen LogP contribution in [0.3, 0.4) is 0 Å². The molecule has 36 heavy (non-hydrogen) atoms. The largest absolute Gasteiger partial charge is 0.493 e. The fraction of sp³-hybridized carbons (Fsp3) is 0.231. The minimum atomic E-state index is -4.15. The van der Waals surface area contributed by atoms with E-state index < -0.39 is 22.5 Å². The summed E-state index contributed by atoms with van der Waals surface area (Å²) in [5.41, 5.74) is 6.03. The average Bonchev–Trinajstić information content (AvgIpc) is 2.85. The highest BCUT2D eigenvalue weighted by atomic mass is 127. The summed E-state index contributed by atoms with van der Waals surface area (Å²) < 4.78 is 40.2. The predicted molar refractivity (Wildman–Crippen MR) is 150 cm³/mol. The van der Waals surface area contributed by atoms with Gasteiger partial charge in [-0.25, -0.2) is 13.8 Å². The van der Waals surface area contributed by atoms with Crippen LogP contribution in [0.1, 0.15) is 23.6 Å². The Bertz CT molecular complexity index is 1370. The van der Waals surface area contributed by atoms with Crippen LogP contribution in [-0.2, 0) is 14.8 Å². The molecule has 0 aliphatic rings. The number of carbonyl (C=O) groups is 1. The quantitative estimate of drug-likeness (QED) is 0.213. The van der Waals surface area contributed by atoms with Crippen molar-refractivity contribution in [3.05, 3.63) is 80.9 Å². The minimum absolute atomic E-state index is 0.0364.